The highest BCUT2D eigenvalue weighted by Crippen LogP contribution is 2.54. The molecule has 1 amide bonds. The maximum absolute atomic E-state index is 12.2. The van der Waals surface area contributed by atoms with Gasteiger partial charge in [0.15, 0.2) is 0 Å². The van der Waals surface area contributed by atoms with E-state index < -0.39 is 24.9 Å². The Balaban J connectivity index is 1.37. The number of amides is 1. The molecule has 26 heavy (non-hydrogen) atoms. The summed E-state index contributed by atoms with van der Waals surface area (Å²) in [5, 5.41) is 2.68. The first kappa shape index (κ1) is 17.5. The summed E-state index contributed by atoms with van der Waals surface area (Å²) < 4.78 is 43.0. The molecule has 4 atom stereocenters. The molecule has 4 heterocycles. The molecule has 3 aliphatic rings. The van der Waals surface area contributed by atoms with Gasteiger partial charge in [0.25, 0.3) is 0 Å². The van der Waals surface area contributed by atoms with E-state index in [1.165, 1.54) is 0 Å². The van der Waals surface area contributed by atoms with Crippen molar-refractivity contribution >= 4 is 11.9 Å². The number of anilines is 1. The lowest BCUT2D eigenvalue weighted by molar-refractivity contribution is -0.144. The molecular weight excluding hydrogens is 349 g/mol. The third kappa shape index (κ3) is 3.24. The Bertz CT molecular complexity index is 672. The van der Waals surface area contributed by atoms with Crippen molar-refractivity contribution in [2.45, 2.75) is 43.6 Å². The molecule has 9 heteroatoms. The van der Waals surface area contributed by atoms with Crippen LogP contribution in [0.3, 0.4) is 0 Å². The molecule has 6 nitrogen and oxygen atoms in total. The Kier molecular flexibility index (Phi) is 4.29. The molecule has 1 N–H and O–H groups in total. The maximum atomic E-state index is 12.2. The standard InChI is InChI=1S/C17H21F3N4O2/c18-17(19,20)5-3-14(25)23-8-11-12-9-24(15-21-6-1-7-22-15)10-16(12)4-2-13(11)26-16/h1,6-7,11-13H,2-5,8-10H2,(H,23,25)/t11-,12+,13+,16+/m0/s1. The molecule has 3 saturated heterocycles. The van der Waals surface area contributed by atoms with E-state index in [0.29, 0.717) is 12.5 Å². The van der Waals surface area contributed by atoms with Crippen molar-refractivity contribution in [3.05, 3.63) is 18.5 Å². The zero-order valence-corrected chi connectivity index (χ0v) is 14.2. The van der Waals surface area contributed by atoms with Crippen LogP contribution < -0.4 is 10.2 Å². The molecule has 0 saturated carbocycles. The van der Waals surface area contributed by atoms with Gasteiger partial charge in [-0.25, -0.2) is 9.97 Å². The molecule has 1 aromatic rings. The maximum Gasteiger partial charge on any atom is 0.389 e. The Hall–Kier alpha value is -1.90. The molecule has 0 radical (unpaired) electrons. The molecule has 3 fully saturated rings. The molecule has 4 rings (SSSR count). The van der Waals surface area contributed by atoms with Gasteiger partial charge in [-0.05, 0) is 18.9 Å². The highest BCUT2D eigenvalue weighted by atomic mass is 19.4. The van der Waals surface area contributed by atoms with Gasteiger partial charge in [0.2, 0.25) is 11.9 Å². The minimum atomic E-state index is -4.31. The largest absolute Gasteiger partial charge is 0.389 e. The van der Waals surface area contributed by atoms with Crippen molar-refractivity contribution in [3.8, 4) is 0 Å². The summed E-state index contributed by atoms with van der Waals surface area (Å²) in [6, 6.07) is 1.76. The average Bonchev–Trinajstić information content (AvgIpc) is 3.26. The number of rotatable bonds is 5. The zero-order valence-electron chi connectivity index (χ0n) is 14.2. The fraction of sp³-hybridized carbons (Fsp3) is 0.706. The fourth-order valence-electron chi connectivity index (χ4n) is 4.65. The van der Waals surface area contributed by atoms with Gasteiger partial charge in [0, 0.05) is 43.7 Å². The van der Waals surface area contributed by atoms with E-state index in [4.69, 9.17) is 4.74 Å². The molecule has 2 bridgehead atoms. The number of alkyl halides is 3. The van der Waals surface area contributed by atoms with Crippen LogP contribution in [0.15, 0.2) is 18.5 Å². The molecule has 1 aromatic heterocycles. The number of carbonyl (C=O) groups excluding carboxylic acids is 1. The smallest absolute Gasteiger partial charge is 0.369 e. The second kappa shape index (κ2) is 6.37. The first-order valence-electron chi connectivity index (χ1n) is 8.90. The van der Waals surface area contributed by atoms with Crippen molar-refractivity contribution < 1.29 is 22.7 Å². The highest BCUT2D eigenvalue weighted by molar-refractivity contribution is 5.75. The zero-order chi connectivity index (χ0) is 18.4. The topological polar surface area (TPSA) is 67.4 Å². The van der Waals surface area contributed by atoms with Gasteiger partial charge in [-0.15, -0.1) is 0 Å². The van der Waals surface area contributed by atoms with Crippen molar-refractivity contribution in [1.29, 1.82) is 0 Å². The normalized spacial score (nSPS) is 32.7. The van der Waals surface area contributed by atoms with Crippen LogP contribution in [0.2, 0.25) is 0 Å². The number of hydrogen-bond donors (Lipinski definition) is 1. The summed E-state index contributed by atoms with van der Waals surface area (Å²) in [6.07, 6.45) is -0.569. The van der Waals surface area contributed by atoms with E-state index >= 15 is 0 Å². The Morgan fingerprint density at radius 2 is 2.15 bits per heavy atom. The van der Waals surface area contributed by atoms with Gasteiger partial charge in [-0.1, -0.05) is 0 Å². The van der Waals surface area contributed by atoms with Crippen molar-refractivity contribution in [1.82, 2.24) is 15.3 Å². The van der Waals surface area contributed by atoms with Gasteiger partial charge >= 0.3 is 6.18 Å². The van der Waals surface area contributed by atoms with Crippen LogP contribution in [0.1, 0.15) is 25.7 Å². The summed E-state index contributed by atoms with van der Waals surface area (Å²) in [6.45, 7) is 1.82. The van der Waals surface area contributed by atoms with Crippen LogP contribution >= 0.6 is 0 Å². The first-order valence-corrected chi connectivity index (χ1v) is 8.90. The lowest BCUT2D eigenvalue weighted by atomic mass is 9.73. The minimum Gasteiger partial charge on any atom is -0.369 e. The Labute approximate surface area is 149 Å². The summed E-state index contributed by atoms with van der Waals surface area (Å²) in [7, 11) is 0. The second-order valence-electron chi connectivity index (χ2n) is 7.38. The van der Waals surface area contributed by atoms with E-state index in [0.717, 1.165) is 25.9 Å². The quantitative estimate of drug-likeness (QED) is 0.858. The summed E-state index contributed by atoms with van der Waals surface area (Å²) in [5.41, 5.74) is -0.245. The lowest BCUT2D eigenvalue weighted by Crippen LogP contribution is -2.42. The van der Waals surface area contributed by atoms with Gasteiger partial charge < -0.3 is 15.0 Å². The lowest BCUT2D eigenvalue weighted by Gasteiger charge is -2.29. The van der Waals surface area contributed by atoms with Crippen LogP contribution in [0, 0.1) is 11.8 Å². The number of carbonyl (C=O) groups is 1. The number of halogens is 3. The molecule has 0 aromatic carbocycles. The van der Waals surface area contributed by atoms with Crippen molar-refractivity contribution in [2.24, 2.45) is 11.8 Å². The Morgan fingerprint density at radius 1 is 1.38 bits per heavy atom. The molecule has 0 unspecified atom stereocenters. The summed E-state index contributed by atoms with van der Waals surface area (Å²) in [4.78, 5) is 22.4. The van der Waals surface area contributed by atoms with Crippen molar-refractivity contribution in [3.63, 3.8) is 0 Å². The molecular formula is C17H21F3N4O2. The van der Waals surface area contributed by atoms with Crippen LogP contribution in [0.5, 0.6) is 0 Å². The molecule has 0 aliphatic carbocycles. The fourth-order valence-corrected chi connectivity index (χ4v) is 4.65. The van der Waals surface area contributed by atoms with Crippen LogP contribution in [0.25, 0.3) is 0 Å². The molecule has 142 valence electrons. The van der Waals surface area contributed by atoms with Gasteiger partial charge in [0.05, 0.1) is 24.7 Å². The number of hydrogen-bond acceptors (Lipinski definition) is 5. The van der Waals surface area contributed by atoms with E-state index in [9.17, 15) is 18.0 Å². The van der Waals surface area contributed by atoms with Crippen LogP contribution in [-0.4, -0.2) is 53.4 Å². The number of nitrogens with zero attached hydrogens (tertiary/aromatic N) is 3. The van der Waals surface area contributed by atoms with E-state index in [-0.39, 0.29) is 23.5 Å². The van der Waals surface area contributed by atoms with E-state index in [1.54, 1.807) is 18.5 Å². The van der Waals surface area contributed by atoms with Crippen LogP contribution in [0.4, 0.5) is 19.1 Å². The molecule has 1 spiro atoms. The van der Waals surface area contributed by atoms with Gasteiger partial charge in [0.1, 0.15) is 0 Å². The summed E-state index contributed by atoms with van der Waals surface area (Å²) >= 11 is 0. The van der Waals surface area contributed by atoms with Crippen molar-refractivity contribution in [2.75, 3.05) is 24.5 Å². The Morgan fingerprint density at radius 3 is 2.88 bits per heavy atom. The molecule has 3 aliphatic heterocycles. The summed E-state index contributed by atoms with van der Waals surface area (Å²) in [5.74, 6) is 0.456. The highest BCUT2D eigenvalue weighted by Gasteiger charge is 2.63. The van der Waals surface area contributed by atoms with Crippen LogP contribution in [-0.2, 0) is 9.53 Å². The average molecular weight is 370 g/mol. The first-order chi connectivity index (χ1) is 12.4. The van der Waals surface area contributed by atoms with E-state index in [2.05, 4.69) is 20.2 Å². The third-order valence-corrected chi connectivity index (χ3v) is 5.79. The number of aromatic nitrogens is 2. The predicted molar refractivity (Wildman–Crippen MR) is 86.4 cm³/mol. The third-order valence-electron chi connectivity index (χ3n) is 5.79. The number of ether oxygens (including phenoxy) is 1. The SMILES string of the molecule is O=C(CCC(F)(F)F)NC[C@H]1[C@H]2CN(c3ncccn3)C[C@]23CC[C@H]1O3. The minimum absolute atomic E-state index is 0.0711. The predicted octanol–water partition coefficient (Wildman–Crippen LogP) is 1.92. The monoisotopic (exact) mass is 370 g/mol. The van der Waals surface area contributed by atoms with E-state index in [1.807, 2.05) is 0 Å². The number of nitrogens with one attached hydrogen (secondary N) is 1. The number of fused-ring (bicyclic) bond motifs is 1. The van der Waals surface area contributed by atoms with Gasteiger partial charge in [-0.3, -0.25) is 4.79 Å². The van der Waals surface area contributed by atoms with Gasteiger partial charge in [-0.2, -0.15) is 13.2 Å². The second-order valence-corrected chi connectivity index (χ2v) is 7.38.